The number of carbonyl (C=O) groups is 1. The highest BCUT2D eigenvalue weighted by atomic mass is 16.6. The van der Waals surface area contributed by atoms with Gasteiger partial charge in [-0.1, -0.05) is 29.4 Å². The van der Waals surface area contributed by atoms with Gasteiger partial charge in [0.1, 0.15) is 25.0 Å². The van der Waals surface area contributed by atoms with Crippen molar-refractivity contribution in [3.63, 3.8) is 0 Å². The lowest BCUT2D eigenvalue weighted by Gasteiger charge is -2.15. The van der Waals surface area contributed by atoms with Crippen molar-refractivity contribution >= 4 is 17.3 Å². The summed E-state index contributed by atoms with van der Waals surface area (Å²) in [5, 5.41) is 4.01. The Morgan fingerprint density at radius 3 is 2.41 bits per heavy atom. The van der Waals surface area contributed by atoms with Crippen molar-refractivity contribution in [3.8, 4) is 5.75 Å². The number of hydrogen-bond donors (Lipinski definition) is 0. The molecule has 0 heterocycles. The Morgan fingerprint density at radius 1 is 1.03 bits per heavy atom. The van der Waals surface area contributed by atoms with Gasteiger partial charge in [0.15, 0.2) is 0 Å². The van der Waals surface area contributed by atoms with Crippen LogP contribution in [0.15, 0.2) is 47.8 Å². The van der Waals surface area contributed by atoms with Crippen molar-refractivity contribution in [2.75, 3.05) is 21.3 Å². The van der Waals surface area contributed by atoms with E-state index in [1.807, 2.05) is 57.2 Å². The number of methoxy groups -OCH3 is 2. The second kappa shape index (κ2) is 10.3. The molecule has 0 saturated heterocycles. The Balaban J connectivity index is 2.32. The van der Waals surface area contributed by atoms with Gasteiger partial charge >= 0.3 is 5.97 Å². The quantitative estimate of drug-likeness (QED) is 0.217. The number of nitrogens with zero attached hydrogens (tertiary/aromatic N) is 1. The predicted octanol–water partition coefficient (Wildman–Crippen LogP) is 4.41. The van der Waals surface area contributed by atoms with E-state index in [9.17, 15) is 4.79 Å². The summed E-state index contributed by atoms with van der Waals surface area (Å²) in [6.07, 6.45) is 1.38. The van der Waals surface area contributed by atoms with Gasteiger partial charge in [0.25, 0.3) is 0 Å². The molecule has 0 fully saturated rings. The maximum atomic E-state index is 12.1. The van der Waals surface area contributed by atoms with Crippen LogP contribution in [-0.4, -0.2) is 33.0 Å². The number of ether oxygens (including phenoxy) is 3. The van der Waals surface area contributed by atoms with Crippen LogP contribution in [0, 0.1) is 13.8 Å². The molecule has 0 N–H and O–H groups in total. The lowest BCUT2D eigenvalue weighted by Crippen LogP contribution is -2.09. The first-order valence-corrected chi connectivity index (χ1v) is 9.14. The maximum absolute atomic E-state index is 12.1. The molecule has 2 aromatic carbocycles. The molecular weight excluding hydrogens is 370 g/mol. The van der Waals surface area contributed by atoms with Crippen LogP contribution >= 0.6 is 0 Å². The molecule has 2 rings (SSSR count). The topological polar surface area (TPSA) is 66.4 Å². The molecule has 0 aliphatic carbocycles. The average molecular weight is 397 g/mol. The van der Waals surface area contributed by atoms with Crippen LogP contribution < -0.4 is 4.74 Å². The minimum Gasteiger partial charge on any atom is -0.503 e. The van der Waals surface area contributed by atoms with Gasteiger partial charge in [0.05, 0.1) is 26.2 Å². The van der Waals surface area contributed by atoms with Crippen LogP contribution in [0.25, 0.3) is 5.57 Å². The molecule has 0 aliphatic rings. The predicted molar refractivity (Wildman–Crippen MR) is 113 cm³/mol. The second-order valence-corrected chi connectivity index (χ2v) is 6.50. The summed E-state index contributed by atoms with van der Waals surface area (Å²) >= 11 is 0. The normalized spacial score (nSPS) is 11.8. The smallest absolute Gasteiger partial charge is 0.341 e. The molecule has 154 valence electrons. The number of hydrogen-bond acceptors (Lipinski definition) is 6. The molecule has 0 radical (unpaired) electrons. The number of aryl methyl sites for hydroxylation is 2. The zero-order valence-electron chi connectivity index (χ0n) is 17.7. The molecule has 0 bridgehead atoms. The Hall–Kier alpha value is -3.28. The fourth-order valence-electron chi connectivity index (χ4n) is 3.03. The zero-order chi connectivity index (χ0) is 21.4. The molecule has 0 aromatic heterocycles. The molecule has 0 amide bonds. The summed E-state index contributed by atoms with van der Waals surface area (Å²) in [6, 6.07) is 11.5. The Labute approximate surface area is 171 Å². The minimum absolute atomic E-state index is 0.291. The van der Waals surface area contributed by atoms with Crippen LogP contribution in [0.2, 0.25) is 0 Å². The SMILES string of the molecule is COC=C(C(=O)OC)c1ccccc1COc1cc(C)c(C(C)=NOC)cc1C. The van der Waals surface area contributed by atoms with E-state index in [2.05, 4.69) is 5.16 Å². The fraction of sp³-hybridized carbons (Fsp3) is 0.304. The van der Waals surface area contributed by atoms with Gasteiger partial charge in [-0.05, 0) is 55.2 Å². The highest BCUT2D eigenvalue weighted by Crippen LogP contribution is 2.27. The first kappa shape index (κ1) is 22.0. The van der Waals surface area contributed by atoms with E-state index < -0.39 is 5.97 Å². The largest absolute Gasteiger partial charge is 0.503 e. The summed E-state index contributed by atoms with van der Waals surface area (Å²) in [6.45, 7) is 6.17. The lowest BCUT2D eigenvalue weighted by molar-refractivity contribution is -0.133. The Morgan fingerprint density at radius 2 is 1.76 bits per heavy atom. The Kier molecular flexibility index (Phi) is 7.83. The number of benzene rings is 2. The van der Waals surface area contributed by atoms with Gasteiger partial charge in [0.2, 0.25) is 0 Å². The van der Waals surface area contributed by atoms with E-state index >= 15 is 0 Å². The molecule has 6 nitrogen and oxygen atoms in total. The van der Waals surface area contributed by atoms with Gasteiger partial charge in [-0.3, -0.25) is 0 Å². The third-order valence-corrected chi connectivity index (χ3v) is 4.47. The van der Waals surface area contributed by atoms with E-state index in [1.165, 1.54) is 27.6 Å². The molecular formula is C23H27NO5. The first-order valence-electron chi connectivity index (χ1n) is 9.14. The van der Waals surface area contributed by atoms with Crippen LogP contribution in [0.3, 0.4) is 0 Å². The maximum Gasteiger partial charge on any atom is 0.341 e. The van der Waals surface area contributed by atoms with E-state index in [0.717, 1.165) is 33.7 Å². The van der Waals surface area contributed by atoms with E-state index in [0.29, 0.717) is 17.7 Å². The fourth-order valence-corrected chi connectivity index (χ4v) is 3.03. The van der Waals surface area contributed by atoms with E-state index in [4.69, 9.17) is 19.0 Å². The van der Waals surface area contributed by atoms with Crippen LogP contribution in [0.1, 0.15) is 34.7 Å². The number of esters is 1. The van der Waals surface area contributed by atoms with Crippen molar-refractivity contribution in [3.05, 3.63) is 70.5 Å². The highest BCUT2D eigenvalue weighted by Gasteiger charge is 2.17. The zero-order valence-corrected chi connectivity index (χ0v) is 17.7. The first-order chi connectivity index (χ1) is 13.9. The average Bonchev–Trinajstić information content (AvgIpc) is 2.72. The molecule has 0 saturated carbocycles. The van der Waals surface area contributed by atoms with E-state index in [1.54, 1.807) is 0 Å². The van der Waals surface area contributed by atoms with E-state index in [-0.39, 0.29) is 0 Å². The molecule has 6 heteroatoms. The third kappa shape index (κ3) is 5.38. The molecule has 0 aliphatic heterocycles. The number of carbonyl (C=O) groups excluding carboxylic acids is 1. The van der Waals surface area contributed by atoms with Gasteiger partial charge in [-0.2, -0.15) is 0 Å². The van der Waals surface area contributed by atoms with Gasteiger partial charge in [-0.25, -0.2) is 4.79 Å². The molecule has 29 heavy (non-hydrogen) atoms. The van der Waals surface area contributed by atoms with Gasteiger partial charge in [0, 0.05) is 5.56 Å². The summed E-state index contributed by atoms with van der Waals surface area (Å²) in [5.41, 5.74) is 5.71. The van der Waals surface area contributed by atoms with Crippen molar-refractivity contribution < 1.29 is 23.8 Å². The summed E-state index contributed by atoms with van der Waals surface area (Å²) < 4.78 is 16.0. The third-order valence-electron chi connectivity index (χ3n) is 4.47. The Bertz CT molecular complexity index is 931. The van der Waals surface area contributed by atoms with Crippen LogP contribution in [0.5, 0.6) is 5.75 Å². The molecule has 2 aromatic rings. The lowest BCUT2D eigenvalue weighted by atomic mass is 10.0. The van der Waals surface area contributed by atoms with Crippen molar-refractivity contribution in [1.82, 2.24) is 0 Å². The molecule has 0 atom stereocenters. The van der Waals surface area contributed by atoms with Crippen molar-refractivity contribution in [1.29, 1.82) is 0 Å². The van der Waals surface area contributed by atoms with Crippen molar-refractivity contribution in [2.45, 2.75) is 27.4 Å². The summed E-state index contributed by atoms with van der Waals surface area (Å²) in [5.74, 6) is 0.296. The van der Waals surface area contributed by atoms with Crippen LogP contribution in [0.4, 0.5) is 0 Å². The minimum atomic E-state index is -0.469. The second-order valence-electron chi connectivity index (χ2n) is 6.50. The van der Waals surface area contributed by atoms with Crippen molar-refractivity contribution in [2.24, 2.45) is 5.16 Å². The molecule has 0 unspecified atom stereocenters. The summed E-state index contributed by atoms with van der Waals surface area (Å²) in [7, 11) is 4.36. The highest BCUT2D eigenvalue weighted by molar-refractivity contribution is 6.16. The van der Waals surface area contributed by atoms with Gasteiger partial charge < -0.3 is 19.0 Å². The standard InChI is InChI=1S/C23H27NO5/c1-15-12-22(16(2)11-20(15)17(3)24-28-6)29-13-18-9-7-8-10-19(18)21(14-26-4)23(25)27-5/h7-12,14H,13H2,1-6H3. The summed E-state index contributed by atoms with van der Waals surface area (Å²) in [4.78, 5) is 17.0. The monoisotopic (exact) mass is 397 g/mol. The number of oxime groups is 1. The van der Waals surface area contributed by atoms with Crippen LogP contribution in [-0.2, 0) is 25.7 Å². The number of rotatable bonds is 8. The van der Waals surface area contributed by atoms with Gasteiger partial charge in [-0.15, -0.1) is 0 Å². The molecule has 0 spiro atoms.